The summed E-state index contributed by atoms with van der Waals surface area (Å²) in [5, 5.41) is 9.41. The molecule has 0 saturated carbocycles. The molecule has 0 saturated heterocycles. The Balaban J connectivity index is 2.77. The molecule has 0 aliphatic carbocycles. The lowest BCUT2D eigenvalue weighted by Gasteiger charge is -2.23. The third-order valence-corrected chi connectivity index (χ3v) is 2.54. The van der Waals surface area contributed by atoms with Crippen molar-refractivity contribution in [2.24, 2.45) is 0 Å². The van der Waals surface area contributed by atoms with Crippen molar-refractivity contribution in [3.05, 3.63) is 30.3 Å². The molecule has 0 unspecified atom stereocenters. The number of benzene rings is 1. The summed E-state index contributed by atoms with van der Waals surface area (Å²) in [4.78, 5) is 24.7. The van der Waals surface area contributed by atoms with E-state index in [1.807, 2.05) is 6.07 Å². The number of aliphatic hydroxyl groups excluding tert-OH is 1. The zero-order valence-corrected chi connectivity index (χ0v) is 11.2. The summed E-state index contributed by atoms with van der Waals surface area (Å²) in [5.41, 5.74) is 0.651. The molecule has 1 aromatic rings. The Morgan fingerprint density at radius 2 is 1.95 bits per heavy atom. The number of aliphatic hydroxyl groups is 1. The minimum absolute atomic E-state index is 0.0984. The van der Waals surface area contributed by atoms with Gasteiger partial charge in [-0.2, -0.15) is 0 Å². The smallest absolute Gasteiger partial charge is 0.307 e. The summed E-state index contributed by atoms with van der Waals surface area (Å²) in [7, 11) is 0. The highest BCUT2D eigenvalue weighted by Crippen LogP contribution is 2.15. The maximum Gasteiger partial charge on any atom is 0.307 e. The first-order chi connectivity index (χ1) is 9.06. The molecule has 1 N–H and O–H groups in total. The molecule has 5 heteroatoms. The number of hydrogen-bond acceptors (Lipinski definition) is 4. The second kappa shape index (κ2) is 7.53. The van der Waals surface area contributed by atoms with Crippen molar-refractivity contribution in [2.75, 3.05) is 18.1 Å². The van der Waals surface area contributed by atoms with E-state index in [0.717, 1.165) is 0 Å². The molecular weight excluding hydrogens is 246 g/mol. The summed E-state index contributed by atoms with van der Waals surface area (Å²) < 4.78 is 4.83. The van der Waals surface area contributed by atoms with Crippen molar-refractivity contribution in [3.8, 4) is 0 Å². The lowest BCUT2D eigenvalue weighted by Crippen LogP contribution is -2.39. The predicted molar refractivity (Wildman–Crippen MR) is 71.7 cm³/mol. The van der Waals surface area contributed by atoms with Crippen LogP contribution in [-0.2, 0) is 14.3 Å². The topological polar surface area (TPSA) is 66.8 Å². The molecule has 0 spiro atoms. The van der Waals surface area contributed by atoms with E-state index < -0.39 is 12.0 Å². The van der Waals surface area contributed by atoms with Gasteiger partial charge in [-0.1, -0.05) is 18.2 Å². The van der Waals surface area contributed by atoms with E-state index in [1.165, 1.54) is 11.8 Å². The molecule has 1 aromatic carbocycles. The van der Waals surface area contributed by atoms with Gasteiger partial charge >= 0.3 is 5.97 Å². The normalized spacial score (nSPS) is 11.7. The van der Waals surface area contributed by atoms with Gasteiger partial charge in [0.25, 0.3) is 5.91 Å². The number of carbonyl (C=O) groups excluding carboxylic acids is 2. The maximum absolute atomic E-state index is 11.9. The zero-order valence-electron chi connectivity index (χ0n) is 11.2. The van der Waals surface area contributed by atoms with Crippen LogP contribution in [0.15, 0.2) is 30.3 Å². The lowest BCUT2D eigenvalue weighted by atomic mass is 10.2. The average Bonchev–Trinajstić information content (AvgIpc) is 2.40. The standard InChI is InChI=1S/C14H19NO4/c1-3-19-13(17)9-10-15(14(18)11(2)16)12-7-5-4-6-8-12/h4-8,11,16H,3,9-10H2,1-2H3/t11-/m0/s1. The Hall–Kier alpha value is -1.88. The number of carbonyl (C=O) groups is 2. The van der Waals surface area contributed by atoms with E-state index in [2.05, 4.69) is 0 Å². The molecule has 0 radical (unpaired) electrons. The zero-order chi connectivity index (χ0) is 14.3. The lowest BCUT2D eigenvalue weighted by molar-refractivity contribution is -0.142. The van der Waals surface area contributed by atoms with Gasteiger partial charge in [0.1, 0.15) is 6.10 Å². The third kappa shape index (κ3) is 4.71. The van der Waals surface area contributed by atoms with Gasteiger partial charge in [-0.25, -0.2) is 0 Å². The Morgan fingerprint density at radius 1 is 1.32 bits per heavy atom. The van der Waals surface area contributed by atoms with Gasteiger partial charge in [-0.3, -0.25) is 9.59 Å². The number of para-hydroxylation sites is 1. The fourth-order valence-corrected chi connectivity index (χ4v) is 1.64. The van der Waals surface area contributed by atoms with Crippen LogP contribution >= 0.6 is 0 Å². The first kappa shape index (κ1) is 15.2. The highest BCUT2D eigenvalue weighted by Gasteiger charge is 2.20. The van der Waals surface area contributed by atoms with Crippen LogP contribution in [0.3, 0.4) is 0 Å². The molecule has 104 valence electrons. The van der Waals surface area contributed by atoms with E-state index in [1.54, 1.807) is 31.2 Å². The van der Waals surface area contributed by atoms with Gasteiger partial charge in [0.15, 0.2) is 0 Å². The number of anilines is 1. The first-order valence-corrected chi connectivity index (χ1v) is 6.26. The molecule has 0 bridgehead atoms. The van der Waals surface area contributed by atoms with Gasteiger partial charge in [0, 0.05) is 12.2 Å². The summed E-state index contributed by atoms with van der Waals surface area (Å²) >= 11 is 0. The number of nitrogens with zero attached hydrogens (tertiary/aromatic N) is 1. The van der Waals surface area contributed by atoms with Crippen LogP contribution in [0.1, 0.15) is 20.3 Å². The molecule has 1 rings (SSSR count). The number of amides is 1. The van der Waals surface area contributed by atoms with Crippen LogP contribution in [0.5, 0.6) is 0 Å². The van der Waals surface area contributed by atoms with Crippen LogP contribution in [0.2, 0.25) is 0 Å². The molecule has 0 fully saturated rings. The van der Waals surface area contributed by atoms with E-state index in [-0.39, 0.29) is 18.9 Å². The summed E-state index contributed by atoms with van der Waals surface area (Å²) in [6.45, 7) is 3.64. The summed E-state index contributed by atoms with van der Waals surface area (Å²) in [6.07, 6.45) is -1.01. The highest BCUT2D eigenvalue weighted by molar-refractivity contribution is 5.96. The number of rotatable bonds is 6. The van der Waals surface area contributed by atoms with Crippen LogP contribution in [0, 0.1) is 0 Å². The molecule has 5 nitrogen and oxygen atoms in total. The van der Waals surface area contributed by atoms with Crippen LogP contribution in [0.25, 0.3) is 0 Å². The Morgan fingerprint density at radius 3 is 2.47 bits per heavy atom. The fourth-order valence-electron chi connectivity index (χ4n) is 1.64. The quantitative estimate of drug-likeness (QED) is 0.788. The van der Waals surface area contributed by atoms with Crippen LogP contribution < -0.4 is 4.90 Å². The molecule has 19 heavy (non-hydrogen) atoms. The first-order valence-electron chi connectivity index (χ1n) is 6.26. The van der Waals surface area contributed by atoms with Crippen molar-refractivity contribution in [2.45, 2.75) is 26.4 Å². The van der Waals surface area contributed by atoms with Crippen molar-refractivity contribution < 1.29 is 19.4 Å². The molecule has 1 atom stereocenters. The number of ether oxygens (including phenoxy) is 1. The summed E-state index contributed by atoms with van der Waals surface area (Å²) in [6, 6.07) is 8.93. The summed E-state index contributed by atoms with van der Waals surface area (Å²) in [5.74, 6) is -0.794. The second-order valence-electron chi connectivity index (χ2n) is 4.06. The van der Waals surface area contributed by atoms with Gasteiger partial charge in [-0.15, -0.1) is 0 Å². The predicted octanol–water partition coefficient (Wildman–Crippen LogP) is 1.35. The van der Waals surface area contributed by atoms with Gasteiger partial charge in [-0.05, 0) is 26.0 Å². The van der Waals surface area contributed by atoms with Crippen LogP contribution in [0.4, 0.5) is 5.69 Å². The monoisotopic (exact) mass is 265 g/mol. The average molecular weight is 265 g/mol. The number of hydrogen-bond donors (Lipinski definition) is 1. The molecule has 0 aromatic heterocycles. The Bertz CT molecular complexity index is 417. The van der Waals surface area contributed by atoms with Crippen molar-refractivity contribution in [3.63, 3.8) is 0 Å². The van der Waals surface area contributed by atoms with E-state index in [4.69, 9.17) is 4.74 Å². The van der Waals surface area contributed by atoms with Crippen molar-refractivity contribution >= 4 is 17.6 Å². The second-order valence-corrected chi connectivity index (χ2v) is 4.06. The van der Waals surface area contributed by atoms with Crippen LogP contribution in [-0.4, -0.2) is 36.2 Å². The van der Waals surface area contributed by atoms with E-state index in [9.17, 15) is 14.7 Å². The molecule has 0 aliphatic heterocycles. The van der Waals surface area contributed by atoms with Crippen molar-refractivity contribution in [1.29, 1.82) is 0 Å². The van der Waals surface area contributed by atoms with E-state index >= 15 is 0 Å². The Kier molecular flexibility index (Phi) is 6.02. The Labute approximate surface area is 112 Å². The minimum atomic E-state index is -1.11. The fraction of sp³-hybridized carbons (Fsp3) is 0.429. The molecular formula is C14H19NO4. The maximum atomic E-state index is 11.9. The highest BCUT2D eigenvalue weighted by atomic mass is 16.5. The molecule has 1 amide bonds. The van der Waals surface area contributed by atoms with Gasteiger partial charge < -0.3 is 14.7 Å². The van der Waals surface area contributed by atoms with Gasteiger partial charge in [0.2, 0.25) is 0 Å². The third-order valence-electron chi connectivity index (χ3n) is 2.54. The number of esters is 1. The molecule has 0 heterocycles. The largest absolute Gasteiger partial charge is 0.466 e. The van der Waals surface area contributed by atoms with Gasteiger partial charge in [0.05, 0.1) is 13.0 Å². The minimum Gasteiger partial charge on any atom is -0.466 e. The molecule has 0 aliphatic rings. The van der Waals surface area contributed by atoms with E-state index in [0.29, 0.717) is 12.3 Å². The van der Waals surface area contributed by atoms with Crippen molar-refractivity contribution in [1.82, 2.24) is 0 Å². The SMILES string of the molecule is CCOC(=O)CCN(C(=O)[C@H](C)O)c1ccccc1.